The molecule has 0 bridgehead atoms. The third-order valence-corrected chi connectivity index (χ3v) is 6.91. The van der Waals surface area contributed by atoms with Gasteiger partial charge in [0.2, 0.25) is 5.88 Å². The molecular weight excluding hydrogens is 529 g/mol. The predicted molar refractivity (Wildman–Crippen MR) is 151 cm³/mol. The second-order valence-corrected chi connectivity index (χ2v) is 9.66. The molecule has 5 rings (SSSR count). The molecule has 3 aromatic carbocycles. The number of carbonyl (C=O) groups is 2. The summed E-state index contributed by atoms with van der Waals surface area (Å²) in [6.07, 6.45) is 4.30. The molecule has 10 nitrogen and oxygen atoms in total. The molecule has 3 N–H and O–H groups in total. The van der Waals surface area contributed by atoms with Crippen molar-refractivity contribution in [3.63, 3.8) is 0 Å². The van der Waals surface area contributed by atoms with E-state index in [0.29, 0.717) is 45.3 Å². The summed E-state index contributed by atoms with van der Waals surface area (Å²) in [6.45, 7) is 0. The van der Waals surface area contributed by atoms with Crippen LogP contribution in [0.2, 0.25) is 0 Å². The topological polar surface area (TPSA) is 124 Å². The first-order chi connectivity index (χ1) is 19.9. The molecule has 4 aromatic rings. The zero-order chi connectivity index (χ0) is 28.8. The van der Waals surface area contributed by atoms with Gasteiger partial charge in [0.15, 0.2) is 11.5 Å². The van der Waals surface area contributed by atoms with Gasteiger partial charge in [0, 0.05) is 35.5 Å². The molecule has 0 spiro atoms. The number of nitrogens with one attached hydrogen (secondary N) is 3. The van der Waals surface area contributed by atoms with Crippen molar-refractivity contribution in [3.8, 4) is 23.1 Å². The van der Waals surface area contributed by atoms with Gasteiger partial charge < -0.3 is 30.2 Å². The quantitative estimate of drug-likeness (QED) is 0.263. The van der Waals surface area contributed by atoms with Crippen LogP contribution in [0.1, 0.15) is 36.0 Å². The Hall–Kier alpha value is -4.93. The van der Waals surface area contributed by atoms with E-state index >= 15 is 0 Å². The molecule has 1 saturated carbocycles. The zero-order valence-corrected chi connectivity index (χ0v) is 22.6. The third kappa shape index (κ3) is 6.81. The standard InChI is InChI=1S/C30H30FN5O5/c1-39-26-15-24-25(16-27(26)40-2)32-17-33-29(24)41-23-5-3-4-22(14-23)36-30(38)35-21-12-10-20(11-13-21)34-28(37)18-6-8-19(31)9-7-18/h3-9,14-17,20-21H,10-13H2,1-2H3,(H,34,37)(H2,35,36,38). The average Bonchev–Trinajstić information content (AvgIpc) is 2.98. The molecule has 3 amide bonds. The Morgan fingerprint density at radius 1 is 0.854 bits per heavy atom. The van der Waals surface area contributed by atoms with E-state index in [1.807, 2.05) is 0 Å². The number of benzene rings is 3. The van der Waals surface area contributed by atoms with E-state index in [2.05, 4.69) is 25.9 Å². The normalized spacial score (nSPS) is 16.5. The van der Waals surface area contributed by atoms with Gasteiger partial charge in [-0.15, -0.1) is 0 Å². The molecule has 41 heavy (non-hydrogen) atoms. The van der Waals surface area contributed by atoms with Crippen LogP contribution in [0.15, 0.2) is 67.0 Å². The highest BCUT2D eigenvalue weighted by Crippen LogP contribution is 2.36. The Bertz CT molecular complexity index is 1540. The van der Waals surface area contributed by atoms with Crippen molar-refractivity contribution in [1.29, 1.82) is 0 Å². The molecule has 0 aliphatic heterocycles. The largest absolute Gasteiger partial charge is 0.493 e. The number of anilines is 1. The van der Waals surface area contributed by atoms with Crippen LogP contribution in [0.4, 0.5) is 14.9 Å². The van der Waals surface area contributed by atoms with E-state index in [4.69, 9.17) is 14.2 Å². The highest BCUT2D eigenvalue weighted by Gasteiger charge is 2.24. The summed E-state index contributed by atoms with van der Waals surface area (Å²) in [5.74, 6) is 1.28. The van der Waals surface area contributed by atoms with E-state index in [1.165, 1.54) is 30.6 Å². The van der Waals surface area contributed by atoms with Gasteiger partial charge in [0.25, 0.3) is 5.91 Å². The van der Waals surface area contributed by atoms with E-state index in [9.17, 15) is 14.0 Å². The van der Waals surface area contributed by atoms with E-state index in [-0.39, 0.29) is 29.8 Å². The Labute approximate surface area is 236 Å². The fraction of sp³-hybridized carbons (Fsp3) is 0.267. The van der Waals surface area contributed by atoms with Gasteiger partial charge in [-0.25, -0.2) is 19.2 Å². The lowest BCUT2D eigenvalue weighted by molar-refractivity contribution is 0.0924. The number of nitrogens with zero attached hydrogens (tertiary/aromatic N) is 2. The number of carbonyl (C=O) groups excluding carboxylic acids is 2. The zero-order valence-electron chi connectivity index (χ0n) is 22.6. The van der Waals surface area contributed by atoms with Crippen molar-refractivity contribution in [2.24, 2.45) is 0 Å². The molecule has 1 heterocycles. The van der Waals surface area contributed by atoms with Crippen LogP contribution >= 0.6 is 0 Å². The molecule has 1 aliphatic rings. The Balaban J connectivity index is 1.15. The lowest BCUT2D eigenvalue weighted by Crippen LogP contribution is -2.44. The lowest BCUT2D eigenvalue weighted by atomic mass is 9.91. The van der Waals surface area contributed by atoms with Crippen molar-refractivity contribution in [1.82, 2.24) is 20.6 Å². The molecule has 1 fully saturated rings. The van der Waals surface area contributed by atoms with Crippen molar-refractivity contribution in [2.75, 3.05) is 19.5 Å². The summed E-state index contributed by atoms with van der Waals surface area (Å²) in [5.41, 5.74) is 1.61. The number of amides is 3. The predicted octanol–water partition coefficient (Wildman–Crippen LogP) is 5.44. The number of hydrogen-bond donors (Lipinski definition) is 3. The molecular formula is C30H30FN5O5. The van der Waals surface area contributed by atoms with Gasteiger partial charge in [-0.3, -0.25) is 4.79 Å². The highest BCUT2D eigenvalue weighted by atomic mass is 19.1. The number of ether oxygens (including phenoxy) is 3. The van der Waals surface area contributed by atoms with Gasteiger partial charge in [-0.2, -0.15) is 0 Å². The minimum atomic E-state index is -0.382. The number of urea groups is 1. The van der Waals surface area contributed by atoms with Crippen LogP contribution < -0.4 is 30.2 Å². The van der Waals surface area contributed by atoms with Crippen molar-refractivity contribution in [2.45, 2.75) is 37.8 Å². The summed E-state index contributed by atoms with van der Waals surface area (Å²) in [6, 6.07) is 15.6. The Morgan fingerprint density at radius 2 is 1.54 bits per heavy atom. The molecule has 0 unspecified atom stereocenters. The maximum Gasteiger partial charge on any atom is 0.319 e. The molecule has 1 aromatic heterocycles. The monoisotopic (exact) mass is 559 g/mol. The second-order valence-electron chi connectivity index (χ2n) is 9.66. The first kappa shape index (κ1) is 27.6. The minimum Gasteiger partial charge on any atom is -0.493 e. The van der Waals surface area contributed by atoms with Crippen molar-refractivity contribution in [3.05, 3.63) is 78.4 Å². The molecule has 0 radical (unpaired) electrons. The summed E-state index contributed by atoms with van der Waals surface area (Å²) in [7, 11) is 3.10. The summed E-state index contributed by atoms with van der Waals surface area (Å²) >= 11 is 0. The number of fused-ring (bicyclic) bond motifs is 1. The number of halogens is 1. The lowest BCUT2D eigenvalue weighted by Gasteiger charge is -2.29. The van der Waals surface area contributed by atoms with Crippen LogP contribution in [0, 0.1) is 5.82 Å². The van der Waals surface area contributed by atoms with Gasteiger partial charge in [0.1, 0.15) is 17.9 Å². The van der Waals surface area contributed by atoms with Gasteiger partial charge in [-0.1, -0.05) is 6.07 Å². The fourth-order valence-corrected chi connectivity index (χ4v) is 4.79. The van der Waals surface area contributed by atoms with E-state index in [0.717, 1.165) is 25.7 Å². The molecule has 1 aliphatic carbocycles. The Morgan fingerprint density at radius 3 is 2.24 bits per heavy atom. The van der Waals surface area contributed by atoms with Crippen LogP contribution in [0.3, 0.4) is 0 Å². The number of rotatable bonds is 8. The summed E-state index contributed by atoms with van der Waals surface area (Å²) in [4.78, 5) is 33.7. The maximum absolute atomic E-state index is 13.1. The molecule has 212 valence electrons. The Kier molecular flexibility index (Phi) is 8.42. The first-order valence-corrected chi connectivity index (χ1v) is 13.2. The maximum atomic E-state index is 13.1. The molecule has 0 saturated heterocycles. The van der Waals surface area contributed by atoms with Crippen LogP contribution in [-0.4, -0.2) is 48.2 Å². The first-order valence-electron chi connectivity index (χ1n) is 13.2. The number of methoxy groups -OCH3 is 2. The van der Waals surface area contributed by atoms with Crippen LogP contribution in [-0.2, 0) is 0 Å². The summed E-state index contributed by atoms with van der Waals surface area (Å²) < 4.78 is 29.9. The van der Waals surface area contributed by atoms with E-state index < -0.39 is 0 Å². The average molecular weight is 560 g/mol. The van der Waals surface area contributed by atoms with E-state index in [1.54, 1.807) is 50.6 Å². The molecule has 11 heteroatoms. The van der Waals surface area contributed by atoms with Crippen LogP contribution in [0.25, 0.3) is 10.9 Å². The SMILES string of the molecule is COc1cc2ncnc(Oc3cccc(NC(=O)NC4CCC(NC(=O)c5ccc(F)cc5)CC4)c3)c2cc1OC. The minimum absolute atomic E-state index is 0.00132. The van der Waals surface area contributed by atoms with Gasteiger partial charge in [-0.05, 0) is 68.1 Å². The van der Waals surface area contributed by atoms with Crippen molar-refractivity contribution < 1.29 is 28.2 Å². The highest BCUT2D eigenvalue weighted by molar-refractivity contribution is 5.94. The molecule has 0 atom stereocenters. The van der Waals surface area contributed by atoms with Crippen molar-refractivity contribution >= 4 is 28.5 Å². The van der Waals surface area contributed by atoms with Crippen LogP contribution in [0.5, 0.6) is 23.1 Å². The fourth-order valence-electron chi connectivity index (χ4n) is 4.79. The van der Waals surface area contributed by atoms with Gasteiger partial charge in [0.05, 0.1) is 25.1 Å². The third-order valence-electron chi connectivity index (χ3n) is 6.91. The number of hydrogen-bond acceptors (Lipinski definition) is 7. The summed E-state index contributed by atoms with van der Waals surface area (Å²) in [5, 5.41) is 9.50. The second kappa shape index (κ2) is 12.5. The van der Waals surface area contributed by atoms with Gasteiger partial charge >= 0.3 is 6.03 Å². The number of aromatic nitrogens is 2. The smallest absolute Gasteiger partial charge is 0.319 e.